The van der Waals surface area contributed by atoms with E-state index in [4.69, 9.17) is 21.3 Å². The number of carbonyl (C=O) groups excluding carboxylic acids is 1. The van der Waals surface area contributed by atoms with Crippen LogP contribution in [0.25, 0.3) is 10.9 Å². The molecule has 1 saturated heterocycles. The maximum Gasteiger partial charge on any atom is 0.224 e. The largest absolute Gasteiger partial charge is 0.376 e. The van der Waals surface area contributed by atoms with Gasteiger partial charge in [-0.25, -0.2) is 4.98 Å². The number of nitrogens with one attached hydrogen (secondary N) is 2. The number of hydrogen-bond donors (Lipinski definition) is 2. The van der Waals surface area contributed by atoms with Gasteiger partial charge >= 0.3 is 0 Å². The first-order chi connectivity index (χ1) is 16.7. The van der Waals surface area contributed by atoms with Crippen LogP contribution in [0.1, 0.15) is 50.8 Å². The van der Waals surface area contributed by atoms with Crippen LogP contribution in [0.5, 0.6) is 0 Å². The van der Waals surface area contributed by atoms with E-state index in [1.165, 1.54) is 19.3 Å². The second-order valence-electron chi connectivity index (χ2n) is 9.22. The zero-order valence-corrected chi connectivity index (χ0v) is 19.9. The minimum Gasteiger partial charge on any atom is -0.376 e. The summed E-state index contributed by atoms with van der Waals surface area (Å²) in [6.45, 7) is 2.22. The molecule has 0 spiro atoms. The standard InChI is InChI=1S/C24H30ClN7O2/c25-19-7-8-20-18(24(19)27-23(33)14-16-4-2-1-3-5-16)6-9-22(26-20)32-12-10-17(15-32)34-13-11-21-28-30-31-29-21/h6-9,16-17H,1-5,10-15H2,(H,27,33)(H,28,29,30,31)/t17-/m0/s1. The molecule has 1 aliphatic carbocycles. The molecule has 34 heavy (non-hydrogen) atoms. The molecule has 3 heterocycles. The number of aromatic amines is 1. The average molecular weight is 484 g/mol. The number of hydrogen-bond acceptors (Lipinski definition) is 7. The molecule has 1 saturated carbocycles. The van der Waals surface area contributed by atoms with Gasteiger partial charge in [0.05, 0.1) is 28.9 Å². The van der Waals surface area contributed by atoms with Crippen molar-refractivity contribution in [2.75, 3.05) is 29.9 Å². The smallest absolute Gasteiger partial charge is 0.224 e. The van der Waals surface area contributed by atoms with E-state index in [9.17, 15) is 4.79 Å². The fourth-order valence-corrected chi connectivity index (χ4v) is 5.20. The lowest BCUT2D eigenvalue weighted by atomic mass is 9.87. The van der Waals surface area contributed by atoms with E-state index in [-0.39, 0.29) is 12.0 Å². The molecule has 10 heteroatoms. The molecule has 9 nitrogen and oxygen atoms in total. The first-order valence-corrected chi connectivity index (χ1v) is 12.5. The van der Waals surface area contributed by atoms with E-state index in [2.05, 4.69) is 30.8 Å². The van der Waals surface area contributed by atoms with Crippen LogP contribution in [0.4, 0.5) is 11.5 Å². The Hall–Kier alpha value is -2.78. The van der Waals surface area contributed by atoms with E-state index in [1.54, 1.807) is 0 Å². The molecule has 0 radical (unpaired) electrons. The fourth-order valence-electron chi connectivity index (χ4n) is 4.99. The van der Waals surface area contributed by atoms with Crippen LogP contribution in [-0.4, -0.2) is 57.3 Å². The van der Waals surface area contributed by atoms with Crippen molar-refractivity contribution in [1.82, 2.24) is 25.6 Å². The molecule has 1 amide bonds. The average Bonchev–Trinajstić information content (AvgIpc) is 3.54. The number of halogens is 1. The Kier molecular flexibility index (Phi) is 7.20. The SMILES string of the molecule is O=C(CC1CCCCC1)Nc1c(Cl)ccc2nc(N3CC[C@H](OCCc4nn[nH]n4)C3)ccc12. The van der Waals surface area contributed by atoms with Crippen molar-refractivity contribution in [3.05, 3.63) is 35.1 Å². The van der Waals surface area contributed by atoms with Crippen molar-refractivity contribution < 1.29 is 9.53 Å². The zero-order chi connectivity index (χ0) is 23.3. The van der Waals surface area contributed by atoms with Crippen LogP contribution in [0.3, 0.4) is 0 Å². The first-order valence-electron chi connectivity index (χ1n) is 12.1. The predicted octanol–water partition coefficient (Wildman–Crippen LogP) is 4.15. The Morgan fingerprint density at radius 3 is 2.88 bits per heavy atom. The highest BCUT2D eigenvalue weighted by Crippen LogP contribution is 2.33. The lowest BCUT2D eigenvalue weighted by molar-refractivity contribution is -0.117. The summed E-state index contributed by atoms with van der Waals surface area (Å²) in [5.74, 6) is 2.07. The van der Waals surface area contributed by atoms with Gasteiger partial charge in [0.2, 0.25) is 5.91 Å². The van der Waals surface area contributed by atoms with Gasteiger partial charge in [-0.2, -0.15) is 5.21 Å². The molecule has 180 valence electrons. The number of fused-ring (bicyclic) bond motifs is 1. The maximum absolute atomic E-state index is 12.7. The van der Waals surface area contributed by atoms with Crippen LogP contribution < -0.4 is 10.2 Å². The first kappa shape index (κ1) is 23.0. The van der Waals surface area contributed by atoms with Crippen molar-refractivity contribution in [3.63, 3.8) is 0 Å². The lowest BCUT2D eigenvalue weighted by Crippen LogP contribution is -2.24. The van der Waals surface area contributed by atoms with Crippen LogP contribution in [0.2, 0.25) is 5.02 Å². The Bertz CT molecular complexity index is 1120. The number of nitrogens with zero attached hydrogens (tertiary/aromatic N) is 5. The summed E-state index contributed by atoms with van der Waals surface area (Å²) in [6, 6.07) is 7.72. The van der Waals surface area contributed by atoms with E-state index >= 15 is 0 Å². The number of tetrazole rings is 1. The second-order valence-corrected chi connectivity index (χ2v) is 9.63. The van der Waals surface area contributed by atoms with Gasteiger partial charge in [-0.15, -0.1) is 10.2 Å². The molecular formula is C24H30ClN7O2. The Morgan fingerprint density at radius 2 is 2.06 bits per heavy atom. The number of ether oxygens (including phenoxy) is 1. The number of pyridine rings is 1. The minimum absolute atomic E-state index is 0.0331. The molecule has 1 aromatic carbocycles. The molecule has 0 bridgehead atoms. The van der Waals surface area contributed by atoms with Crippen LogP contribution >= 0.6 is 11.6 Å². The number of H-pyrrole nitrogens is 1. The van der Waals surface area contributed by atoms with Crippen molar-refractivity contribution >= 4 is 39.9 Å². The van der Waals surface area contributed by atoms with Gasteiger partial charge in [-0.05, 0) is 49.4 Å². The van der Waals surface area contributed by atoms with Gasteiger partial charge in [0.25, 0.3) is 0 Å². The Labute approximate surface area is 203 Å². The topological polar surface area (TPSA) is 109 Å². The maximum atomic E-state index is 12.7. The van der Waals surface area contributed by atoms with E-state index < -0.39 is 0 Å². The molecule has 3 aromatic rings. The molecule has 2 aliphatic rings. The predicted molar refractivity (Wildman–Crippen MR) is 131 cm³/mol. The molecule has 2 aromatic heterocycles. The summed E-state index contributed by atoms with van der Waals surface area (Å²) in [7, 11) is 0. The molecule has 1 atom stereocenters. The summed E-state index contributed by atoms with van der Waals surface area (Å²) in [5.41, 5.74) is 1.47. The third kappa shape index (κ3) is 5.47. The highest BCUT2D eigenvalue weighted by Gasteiger charge is 2.25. The summed E-state index contributed by atoms with van der Waals surface area (Å²) in [6.07, 6.45) is 8.28. The number of anilines is 2. The van der Waals surface area contributed by atoms with Gasteiger partial charge in [0, 0.05) is 31.3 Å². The fraction of sp³-hybridized carbons (Fsp3) is 0.542. The Morgan fingerprint density at radius 1 is 1.18 bits per heavy atom. The summed E-state index contributed by atoms with van der Waals surface area (Å²) in [5, 5.41) is 18.4. The van der Waals surface area contributed by atoms with Gasteiger partial charge in [0.15, 0.2) is 5.82 Å². The highest BCUT2D eigenvalue weighted by molar-refractivity contribution is 6.35. The molecule has 2 fully saturated rings. The summed E-state index contributed by atoms with van der Waals surface area (Å²) >= 11 is 6.48. The summed E-state index contributed by atoms with van der Waals surface area (Å²) in [4.78, 5) is 19.8. The highest BCUT2D eigenvalue weighted by atomic mass is 35.5. The van der Waals surface area contributed by atoms with Crippen LogP contribution in [-0.2, 0) is 16.0 Å². The normalized spacial score (nSPS) is 19.1. The minimum atomic E-state index is 0.0331. The molecule has 0 unspecified atom stereocenters. The van der Waals surface area contributed by atoms with E-state index in [1.807, 2.05) is 24.3 Å². The Balaban J connectivity index is 1.22. The van der Waals surface area contributed by atoms with Crippen LogP contribution in [0, 0.1) is 5.92 Å². The lowest BCUT2D eigenvalue weighted by Gasteiger charge is -2.21. The third-order valence-corrected chi connectivity index (χ3v) is 7.12. The van der Waals surface area contributed by atoms with Gasteiger partial charge in [-0.3, -0.25) is 4.79 Å². The van der Waals surface area contributed by atoms with E-state index in [0.717, 1.165) is 49.1 Å². The zero-order valence-electron chi connectivity index (χ0n) is 19.2. The number of amides is 1. The number of carbonyl (C=O) groups is 1. The van der Waals surface area contributed by atoms with E-state index in [0.29, 0.717) is 41.9 Å². The second kappa shape index (κ2) is 10.7. The number of aromatic nitrogens is 5. The van der Waals surface area contributed by atoms with Crippen LogP contribution in [0.15, 0.2) is 24.3 Å². The number of rotatable bonds is 8. The van der Waals surface area contributed by atoms with Crippen molar-refractivity contribution in [1.29, 1.82) is 0 Å². The molecular weight excluding hydrogens is 454 g/mol. The molecule has 5 rings (SSSR count). The summed E-state index contributed by atoms with van der Waals surface area (Å²) < 4.78 is 6.00. The van der Waals surface area contributed by atoms with Crippen molar-refractivity contribution in [3.8, 4) is 0 Å². The molecule has 1 aliphatic heterocycles. The number of benzene rings is 1. The molecule has 2 N–H and O–H groups in total. The quantitative estimate of drug-likeness (QED) is 0.495. The third-order valence-electron chi connectivity index (χ3n) is 6.81. The van der Waals surface area contributed by atoms with Gasteiger partial charge in [-0.1, -0.05) is 36.1 Å². The van der Waals surface area contributed by atoms with Gasteiger partial charge < -0.3 is 15.0 Å². The van der Waals surface area contributed by atoms with Crippen molar-refractivity contribution in [2.24, 2.45) is 5.92 Å². The van der Waals surface area contributed by atoms with Crippen molar-refractivity contribution in [2.45, 2.75) is 57.5 Å². The van der Waals surface area contributed by atoms with Gasteiger partial charge in [0.1, 0.15) is 5.82 Å². The monoisotopic (exact) mass is 483 g/mol.